The number of hydrogen-bond donors (Lipinski definition) is 0. The second-order valence-electron chi connectivity index (χ2n) is 1.92. The molecule has 0 rings (SSSR count). The van der Waals surface area contributed by atoms with Crippen LogP contribution >= 0.6 is 0 Å². The second-order valence-corrected chi connectivity index (χ2v) is 1.92. The van der Waals surface area contributed by atoms with E-state index >= 15 is 0 Å². The Bertz CT molecular complexity index is 275. The van der Waals surface area contributed by atoms with Crippen molar-refractivity contribution >= 4 is 5.97 Å². The van der Waals surface area contributed by atoms with Gasteiger partial charge in [-0.2, -0.15) is 0 Å². The largest absolute Gasteiger partial charge is 0.464 e. The number of nitrogens with zero attached hydrogens (tertiary/aromatic N) is 2. The van der Waals surface area contributed by atoms with Gasteiger partial charge in [0.15, 0.2) is 0 Å². The lowest BCUT2D eigenvalue weighted by atomic mass is 10.2. The van der Waals surface area contributed by atoms with Gasteiger partial charge in [-0.05, 0) is 13.8 Å². The first-order valence-electron chi connectivity index (χ1n) is 3.32. The highest BCUT2D eigenvalue weighted by Gasteiger charge is 2.10. The summed E-state index contributed by atoms with van der Waals surface area (Å²) in [4.78, 5) is 13.8. The van der Waals surface area contributed by atoms with Crippen molar-refractivity contribution in [3.63, 3.8) is 0 Å². The molecule has 0 aliphatic rings. The minimum atomic E-state index is -0.606. The second kappa shape index (κ2) is 4.92. The maximum Gasteiger partial charge on any atom is 0.323 e. The fourth-order valence-electron chi connectivity index (χ4n) is 0.529. The molecule has 0 heterocycles. The Balaban J connectivity index is 4.69. The maximum atomic E-state index is 10.9. The van der Waals surface area contributed by atoms with Gasteiger partial charge in [0.05, 0.1) is 24.8 Å². The molecule has 0 unspecified atom stereocenters. The zero-order valence-electron chi connectivity index (χ0n) is 6.92. The predicted molar refractivity (Wildman–Crippen MR) is 41.5 cm³/mol. The molecule has 0 bridgehead atoms. The van der Waals surface area contributed by atoms with Gasteiger partial charge in [0, 0.05) is 0 Å². The highest BCUT2D eigenvalue weighted by Crippen LogP contribution is 2.05. The lowest BCUT2D eigenvalue weighted by Crippen LogP contribution is -2.06. The summed E-state index contributed by atoms with van der Waals surface area (Å²) < 4.78 is 4.60. The molecule has 0 aliphatic heterocycles. The van der Waals surface area contributed by atoms with Crippen LogP contribution in [0.2, 0.25) is 0 Å². The number of carbonyl (C=O) groups is 1. The topological polar surface area (TPSA) is 54.5 Å². The Morgan fingerprint density at radius 3 is 2.67 bits per heavy atom. The number of carbonyl (C=O) groups excluding carboxylic acids is 1. The Labute approximate surface area is 70.9 Å². The summed E-state index contributed by atoms with van der Waals surface area (Å²) in [5, 5.41) is 8.38. The van der Waals surface area contributed by atoms with E-state index in [9.17, 15) is 4.79 Å². The molecule has 4 nitrogen and oxygen atoms in total. The number of nitriles is 1. The summed E-state index contributed by atoms with van der Waals surface area (Å²) >= 11 is 0. The molecule has 0 radical (unpaired) electrons. The van der Waals surface area contributed by atoms with E-state index in [2.05, 4.69) is 9.58 Å². The third kappa shape index (κ3) is 2.43. The van der Waals surface area contributed by atoms with Crippen molar-refractivity contribution in [2.75, 3.05) is 6.61 Å². The lowest BCUT2D eigenvalue weighted by molar-refractivity contribution is -0.138. The van der Waals surface area contributed by atoms with Crippen LogP contribution < -0.4 is 0 Å². The van der Waals surface area contributed by atoms with Gasteiger partial charge in [0.2, 0.25) is 0 Å². The minimum absolute atomic E-state index is 0.0642. The van der Waals surface area contributed by atoms with Crippen LogP contribution in [0.3, 0.4) is 0 Å². The van der Waals surface area contributed by atoms with Crippen LogP contribution in [0.5, 0.6) is 0 Å². The number of rotatable bonds is 2. The average molecular weight is 164 g/mol. The Morgan fingerprint density at radius 1 is 1.75 bits per heavy atom. The number of allylic oxidation sites excluding steroid dienone is 1. The van der Waals surface area contributed by atoms with E-state index in [1.807, 2.05) is 0 Å². The van der Waals surface area contributed by atoms with Crippen LogP contribution in [0, 0.1) is 17.9 Å². The van der Waals surface area contributed by atoms with Gasteiger partial charge >= 0.3 is 5.97 Å². The predicted octanol–water partition coefficient (Wildman–Crippen LogP) is 1.27. The minimum Gasteiger partial charge on any atom is -0.464 e. The molecule has 0 aliphatic carbocycles. The molecule has 0 N–H and O–H groups in total. The Morgan fingerprint density at radius 2 is 2.33 bits per heavy atom. The molecule has 0 aromatic carbocycles. The van der Waals surface area contributed by atoms with Crippen LogP contribution in [0.4, 0.5) is 0 Å². The molecular formula is C8H8N2O2. The summed E-state index contributed by atoms with van der Waals surface area (Å²) in [6, 6.07) is 1.62. The molecule has 0 saturated carbocycles. The van der Waals surface area contributed by atoms with Crippen molar-refractivity contribution in [1.82, 2.24) is 0 Å². The first-order valence-corrected chi connectivity index (χ1v) is 3.32. The Hall–Kier alpha value is -1.81. The van der Waals surface area contributed by atoms with E-state index in [0.29, 0.717) is 0 Å². The fraction of sp³-hybridized carbons (Fsp3) is 0.375. The van der Waals surface area contributed by atoms with Crippen molar-refractivity contribution in [3.8, 4) is 6.07 Å². The number of ether oxygens (including phenoxy) is 1. The molecule has 0 atom stereocenters. The fourth-order valence-corrected chi connectivity index (χ4v) is 0.529. The van der Waals surface area contributed by atoms with Gasteiger partial charge in [-0.1, -0.05) is 0 Å². The van der Waals surface area contributed by atoms with Gasteiger partial charge in [-0.15, -0.1) is 0 Å². The van der Waals surface area contributed by atoms with E-state index in [-0.39, 0.29) is 17.9 Å². The molecule has 12 heavy (non-hydrogen) atoms. The zero-order valence-corrected chi connectivity index (χ0v) is 6.92. The third-order valence-electron chi connectivity index (χ3n) is 1.15. The van der Waals surface area contributed by atoms with Crippen molar-refractivity contribution < 1.29 is 9.53 Å². The summed E-state index contributed by atoms with van der Waals surface area (Å²) in [6.45, 7) is 9.85. The van der Waals surface area contributed by atoms with Crippen molar-refractivity contribution in [3.05, 3.63) is 22.7 Å². The van der Waals surface area contributed by atoms with Gasteiger partial charge in [0.1, 0.15) is 0 Å². The van der Waals surface area contributed by atoms with Crippen molar-refractivity contribution in [2.45, 2.75) is 13.8 Å². The summed E-state index contributed by atoms with van der Waals surface area (Å²) in [6.07, 6.45) is 0. The van der Waals surface area contributed by atoms with Gasteiger partial charge in [-0.3, -0.25) is 0 Å². The van der Waals surface area contributed by atoms with Crippen molar-refractivity contribution in [2.24, 2.45) is 0 Å². The zero-order chi connectivity index (χ0) is 9.56. The molecule has 0 fully saturated rings. The molecule has 0 aromatic rings. The smallest absolute Gasteiger partial charge is 0.323 e. The highest BCUT2D eigenvalue weighted by molar-refractivity contribution is 5.89. The molecule has 4 heteroatoms. The summed E-state index contributed by atoms with van der Waals surface area (Å²) in [7, 11) is 0. The van der Waals surface area contributed by atoms with Crippen LogP contribution in [0.1, 0.15) is 13.8 Å². The average Bonchev–Trinajstić information content (AvgIpc) is 2.07. The van der Waals surface area contributed by atoms with Crippen LogP contribution in [0.15, 0.2) is 11.3 Å². The van der Waals surface area contributed by atoms with E-state index in [0.717, 1.165) is 0 Å². The molecule has 0 amide bonds. The van der Waals surface area contributed by atoms with Gasteiger partial charge < -0.3 is 4.74 Å². The Kier molecular flexibility index (Phi) is 4.18. The van der Waals surface area contributed by atoms with E-state index < -0.39 is 5.97 Å². The van der Waals surface area contributed by atoms with E-state index in [1.165, 1.54) is 6.92 Å². The van der Waals surface area contributed by atoms with Gasteiger partial charge in [-0.25, -0.2) is 14.9 Å². The molecule has 0 spiro atoms. The third-order valence-corrected chi connectivity index (χ3v) is 1.15. The molecule has 62 valence electrons. The quantitative estimate of drug-likeness (QED) is 0.267. The van der Waals surface area contributed by atoms with Crippen LogP contribution in [-0.2, 0) is 9.53 Å². The molecular weight excluding hydrogens is 156 g/mol. The van der Waals surface area contributed by atoms with Crippen molar-refractivity contribution in [1.29, 1.82) is 5.26 Å². The van der Waals surface area contributed by atoms with E-state index in [1.54, 1.807) is 13.0 Å². The maximum absolute atomic E-state index is 10.9. The number of hydrogen-bond acceptors (Lipinski definition) is 3. The van der Waals surface area contributed by atoms with Crippen LogP contribution in [0.25, 0.3) is 4.85 Å². The monoisotopic (exact) mass is 164 g/mol. The van der Waals surface area contributed by atoms with Crippen LogP contribution in [-0.4, -0.2) is 12.6 Å². The standard InChI is InChI=1S/C8H8N2O2/c1-4-12-8(11)6(2)7(5-9)10-3/h4H2,1-2H3/b7-6+. The SMILES string of the molecule is [C-]#[N+]/C(C#N)=C(\C)C(=O)OCC. The summed E-state index contributed by atoms with van der Waals surface area (Å²) in [5.41, 5.74) is -0.150. The lowest BCUT2D eigenvalue weighted by Gasteiger charge is -1.99. The molecule has 0 saturated heterocycles. The molecule has 0 aromatic heterocycles. The number of esters is 1. The van der Waals surface area contributed by atoms with Gasteiger partial charge in [0.25, 0.3) is 5.70 Å². The first kappa shape index (κ1) is 10.2. The normalized spacial score (nSPS) is 10.7. The first-order chi connectivity index (χ1) is 5.67. The summed E-state index contributed by atoms with van der Waals surface area (Å²) in [5.74, 6) is -0.606. The highest BCUT2D eigenvalue weighted by atomic mass is 16.5. The van der Waals surface area contributed by atoms with E-state index in [4.69, 9.17) is 11.8 Å².